The number of hydrogen-bond acceptors (Lipinski definition) is 3. The van der Waals surface area contributed by atoms with Crippen molar-refractivity contribution >= 4 is 5.69 Å². The fourth-order valence-electron chi connectivity index (χ4n) is 3.42. The van der Waals surface area contributed by atoms with Gasteiger partial charge in [0.2, 0.25) is 0 Å². The highest BCUT2D eigenvalue weighted by molar-refractivity contribution is 5.57. The molecule has 2 atom stereocenters. The summed E-state index contributed by atoms with van der Waals surface area (Å²) >= 11 is 0. The number of hydrogen-bond donors (Lipinski definition) is 2. The first-order valence-corrected chi connectivity index (χ1v) is 7.65. The third-order valence-corrected chi connectivity index (χ3v) is 4.49. The highest BCUT2D eigenvalue weighted by Gasteiger charge is 2.21. The molecule has 104 valence electrons. The summed E-state index contributed by atoms with van der Waals surface area (Å²) in [5.74, 6) is 0. The predicted molar refractivity (Wildman–Crippen MR) is 80.6 cm³/mol. The summed E-state index contributed by atoms with van der Waals surface area (Å²) in [5, 5.41) is 3.65. The van der Waals surface area contributed by atoms with Gasteiger partial charge in [-0.1, -0.05) is 18.2 Å². The Balaban J connectivity index is 1.39. The van der Waals surface area contributed by atoms with E-state index in [1.54, 1.807) is 0 Å². The Bertz CT molecular complexity index is 418. The van der Waals surface area contributed by atoms with Gasteiger partial charge in [-0.2, -0.15) is 0 Å². The van der Waals surface area contributed by atoms with Crippen LogP contribution in [-0.4, -0.2) is 31.7 Å². The van der Waals surface area contributed by atoms with Crippen LogP contribution in [0.2, 0.25) is 0 Å². The molecular weight excluding hydrogens is 234 g/mol. The summed E-state index contributed by atoms with van der Waals surface area (Å²) in [6.45, 7) is 3.48. The van der Waals surface area contributed by atoms with E-state index in [1.807, 2.05) is 0 Å². The van der Waals surface area contributed by atoms with Gasteiger partial charge in [0.25, 0.3) is 0 Å². The number of rotatable bonds is 5. The minimum Gasteiger partial charge on any atom is -0.371 e. The molecule has 3 N–H and O–H groups in total. The minimum atomic E-state index is 0.433. The molecule has 0 bridgehead atoms. The quantitative estimate of drug-likeness (QED) is 0.794. The van der Waals surface area contributed by atoms with Crippen molar-refractivity contribution in [2.75, 3.05) is 24.5 Å². The van der Waals surface area contributed by atoms with Gasteiger partial charge >= 0.3 is 0 Å². The van der Waals surface area contributed by atoms with E-state index < -0.39 is 0 Å². The molecular formula is C16H25N3. The van der Waals surface area contributed by atoms with Crippen LogP contribution in [0.1, 0.15) is 31.2 Å². The van der Waals surface area contributed by atoms with E-state index in [0.29, 0.717) is 12.1 Å². The van der Waals surface area contributed by atoms with Crippen molar-refractivity contribution in [2.24, 2.45) is 5.73 Å². The fourth-order valence-corrected chi connectivity index (χ4v) is 3.42. The topological polar surface area (TPSA) is 41.3 Å². The van der Waals surface area contributed by atoms with Crippen LogP contribution in [0.5, 0.6) is 0 Å². The lowest BCUT2D eigenvalue weighted by Crippen LogP contribution is -2.31. The normalized spacial score (nSPS) is 25.8. The maximum atomic E-state index is 5.93. The summed E-state index contributed by atoms with van der Waals surface area (Å²) in [4.78, 5) is 2.53. The average Bonchev–Trinajstić information content (AvgIpc) is 3.02. The van der Waals surface area contributed by atoms with E-state index in [-0.39, 0.29) is 0 Å². The van der Waals surface area contributed by atoms with Gasteiger partial charge in [0.05, 0.1) is 0 Å². The maximum Gasteiger partial charge on any atom is 0.0399 e. The highest BCUT2D eigenvalue weighted by atomic mass is 15.1. The van der Waals surface area contributed by atoms with E-state index >= 15 is 0 Å². The number of nitrogens with zero attached hydrogens (tertiary/aromatic N) is 1. The molecule has 3 nitrogen and oxygen atoms in total. The van der Waals surface area contributed by atoms with Gasteiger partial charge in [-0.15, -0.1) is 0 Å². The molecule has 1 aliphatic heterocycles. The Morgan fingerprint density at radius 1 is 1.26 bits per heavy atom. The van der Waals surface area contributed by atoms with Crippen molar-refractivity contribution in [3.8, 4) is 0 Å². The molecule has 0 aromatic heterocycles. The number of nitrogens with two attached hydrogens (primary N) is 1. The van der Waals surface area contributed by atoms with Crippen LogP contribution >= 0.6 is 0 Å². The van der Waals surface area contributed by atoms with Crippen LogP contribution in [0.25, 0.3) is 0 Å². The molecule has 2 aliphatic rings. The third kappa shape index (κ3) is 3.10. The number of benzene rings is 1. The number of anilines is 1. The van der Waals surface area contributed by atoms with E-state index in [2.05, 4.69) is 34.5 Å². The zero-order valence-electron chi connectivity index (χ0n) is 11.6. The Hall–Kier alpha value is -1.06. The van der Waals surface area contributed by atoms with Crippen LogP contribution in [0.4, 0.5) is 5.69 Å². The molecule has 19 heavy (non-hydrogen) atoms. The number of nitrogens with one attached hydrogen (secondary N) is 1. The predicted octanol–water partition coefficient (Wildman–Crippen LogP) is 1.91. The van der Waals surface area contributed by atoms with E-state index in [1.165, 1.54) is 50.0 Å². The average molecular weight is 259 g/mol. The third-order valence-electron chi connectivity index (χ3n) is 4.49. The molecule has 1 aromatic carbocycles. The standard InChI is InChI=1S/C16H25N3/c17-14-6-7-15(12-14)18-9-3-10-19-11-8-13-4-1-2-5-16(13)19/h1-2,4-5,14-15,18H,3,6-12,17H2. The van der Waals surface area contributed by atoms with E-state index in [9.17, 15) is 0 Å². The van der Waals surface area contributed by atoms with Gasteiger partial charge < -0.3 is 16.0 Å². The second-order valence-electron chi connectivity index (χ2n) is 5.94. The van der Waals surface area contributed by atoms with Crippen LogP contribution in [0.15, 0.2) is 24.3 Å². The van der Waals surface area contributed by atoms with Gasteiger partial charge in [0, 0.05) is 30.9 Å². The SMILES string of the molecule is NC1CCC(NCCCN2CCc3ccccc32)C1. The van der Waals surface area contributed by atoms with Crippen molar-refractivity contribution in [1.29, 1.82) is 0 Å². The van der Waals surface area contributed by atoms with E-state index in [4.69, 9.17) is 5.73 Å². The lowest BCUT2D eigenvalue weighted by atomic mass is 10.2. The van der Waals surface area contributed by atoms with Gasteiger partial charge in [-0.3, -0.25) is 0 Å². The van der Waals surface area contributed by atoms with Gasteiger partial charge in [-0.25, -0.2) is 0 Å². The summed E-state index contributed by atoms with van der Waals surface area (Å²) in [7, 11) is 0. The van der Waals surface area contributed by atoms with Crippen molar-refractivity contribution in [1.82, 2.24) is 5.32 Å². The zero-order valence-corrected chi connectivity index (χ0v) is 11.6. The zero-order chi connectivity index (χ0) is 13.1. The molecule has 0 radical (unpaired) electrons. The second kappa shape index (κ2) is 5.93. The van der Waals surface area contributed by atoms with Crippen molar-refractivity contribution in [3.05, 3.63) is 29.8 Å². The molecule has 3 rings (SSSR count). The monoisotopic (exact) mass is 259 g/mol. The first-order valence-electron chi connectivity index (χ1n) is 7.65. The largest absolute Gasteiger partial charge is 0.371 e. The molecule has 1 heterocycles. The molecule has 3 heteroatoms. The summed E-state index contributed by atoms with van der Waals surface area (Å²) in [6.07, 6.45) is 6.04. The molecule has 2 unspecified atom stereocenters. The van der Waals surface area contributed by atoms with Crippen molar-refractivity contribution in [2.45, 2.75) is 44.2 Å². The van der Waals surface area contributed by atoms with Crippen LogP contribution < -0.4 is 16.0 Å². The minimum absolute atomic E-state index is 0.433. The van der Waals surface area contributed by atoms with Crippen LogP contribution in [0, 0.1) is 0 Å². The molecule has 1 fully saturated rings. The fraction of sp³-hybridized carbons (Fsp3) is 0.625. The molecule has 1 aromatic rings. The Morgan fingerprint density at radius 3 is 3.00 bits per heavy atom. The molecule has 1 aliphatic carbocycles. The van der Waals surface area contributed by atoms with Crippen LogP contribution in [-0.2, 0) is 6.42 Å². The summed E-state index contributed by atoms with van der Waals surface area (Å²) in [6, 6.07) is 9.91. The molecule has 1 saturated carbocycles. The van der Waals surface area contributed by atoms with Gasteiger partial charge in [-0.05, 0) is 50.3 Å². The van der Waals surface area contributed by atoms with Gasteiger partial charge in [0.1, 0.15) is 0 Å². The lowest BCUT2D eigenvalue weighted by molar-refractivity contribution is 0.508. The number of fused-ring (bicyclic) bond motifs is 1. The molecule has 0 spiro atoms. The number of para-hydroxylation sites is 1. The van der Waals surface area contributed by atoms with Crippen LogP contribution in [0.3, 0.4) is 0 Å². The highest BCUT2D eigenvalue weighted by Crippen LogP contribution is 2.27. The Morgan fingerprint density at radius 2 is 2.16 bits per heavy atom. The van der Waals surface area contributed by atoms with E-state index in [0.717, 1.165) is 13.0 Å². The smallest absolute Gasteiger partial charge is 0.0399 e. The Kier molecular flexibility index (Phi) is 4.04. The Labute approximate surface area is 116 Å². The van der Waals surface area contributed by atoms with Crippen molar-refractivity contribution in [3.63, 3.8) is 0 Å². The lowest BCUT2D eigenvalue weighted by Gasteiger charge is -2.20. The molecule has 0 saturated heterocycles. The summed E-state index contributed by atoms with van der Waals surface area (Å²) in [5.41, 5.74) is 8.89. The molecule has 0 amide bonds. The summed E-state index contributed by atoms with van der Waals surface area (Å²) < 4.78 is 0. The first kappa shape index (κ1) is 12.9. The van der Waals surface area contributed by atoms with Gasteiger partial charge in [0.15, 0.2) is 0 Å². The maximum absolute atomic E-state index is 5.93. The second-order valence-corrected chi connectivity index (χ2v) is 5.94. The van der Waals surface area contributed by atoms with Crippen molar-refractivity contribution < 1.29 is 0 Å². The first-order chi connectivity index (χ1) is 9.33.